The molecule has 0 saturated heterocycles. The van der Waals surface area contributed by atoms with Gasteiger partial charge in [-0.1, -0.05) is 12.1 Å². The molecule has 0 amide bonds. The zero-order chi connectivity index (χ0) is 21.4. The molecule has 2 N–H and O–H groups in total. The summed E-state index contributed by atoms with van der Waals surface area (Å²) in [5.41, 5.74) is 7.61. The molecule has 0 radical (unpaired) electrons. The summed E-state index contributed by atoms with van der Waals surface area (Å²) in [6.45, 7) is 3.88. The zero-order valence-electron chi connectivity index (χ0n) is 16.9. The number of nitriles is 1. The Morgan fingerprint density at radius 2 is 1.62 bits per heavy atom. The molecule has 29 heavy (non-hydrogen) atoms. The van der Waals surface area contributed by atoms with Gasteiger partial charge in [-0.25, -0.2) is 4.79 Å². The van der Waals surface area contributed by atoms with Gasteiger partial charge in [0.05, 0.1) is 26.9 Å². The van der Waals surface area contributed by atoms with Gasteiger partial charge in [-0.05, 0) is 54.8 Å². The van der Waals surface area contributed by atoms with Gasteiger partial charge in [-0.3, -0.25) is 0 Å². The fourth-order valence-corrected chi connectivity index (χ4v) is 2.64. The lowest BCUT2D eigenvalue weighted by molar-refractivity contribution is -0.135. The van der Waals surface area contributed by atoms with Crippen LogP contribution in [0.15, 0.2) is 42.5 Å². The molecule has 1 unspecified atom stereocenters. The van der Waals surface area contributed by atoms with Crippen molar-refractivity contribution in [3.8, 4) is 29.1 Å². The van der Waals surface area contributed by atoms with E-state index in [1.807, 2.05) is 13.0 Å². The van der Waals surface area contributed by atoms with E-state index in [4.69, 9.17) is 24.7 Å². The highest BCUT2D eigenvalue weighted by Crippen LogP contribution is 2.36. The van der Waals surface area contributed by atoms with E-state index in [-0.39, 0.29) is 5.75 Å². The van der Waals surface area contributed by atoms with Crippen LogP contribution in [0.4, 0.5) is 0 Å². The Kier molecular flexibility index (Phi) is 7.63. The minimum atomic E-state index is -0.784. The molecule has 0 bridgehead atoms. The van der Waals surface area contributed by atoms with Crippen LogP contribution in [0.3, 0.4) is 0 Å². The molecule has 0 saturated carbocycles. The predicted molar refractivity (Wildman–Crippen MR) is 109 cm³/mol. The van der Waals surface area contributed by atoms with Crippen LogP contribution in [-0.4, -0.2) is 32.8 Å². The van der Waals surface area contributed by atoms with Crippen molar-refractivity contribution in [3.05, 3.63) is 53.6 Å². The Morgan fingerprint density at radius 1 is 1.07 bits per heavy atom. The van der Waals surface area contributed by atoms with Crippen molar-refractivity contribution in [2.75, 3.05) is 20.8 Å². The minimum Gasteiger partial charge on any atom is -0.493 e. The second kappa shape index (κ2) is 10.2. The Labute approximate surface area is 170 Å². The van der Waals surface area contributed by atoms with Crippen LogP contribution < -0.4 is 24.7 Å². The van der Waals surface area contributed by atoms with Crippen molar-refractivity contribution in [2.24, 2.45) is 5.73 Å². The Bertz CT molecular complexity index is 945. The van der Waals surface area contributed by atoms with Crippen molar-refractivity contribution >= 4 is 11.5 Å². The second-order valence-corrected chi connectivity index (χ2v) is 6.06. The predicted octanol–water partition coefficient (Wildman–Crippen LogP) is 3.31. The zero-order valence-corrected chi connectivity index (χ0v) is 16.9. The van der Waals surface area contributed by atoms with Crippen molar-refractivity contribution in [3.63, 3.8) is 0 Å². The lowest BCUT2D eigenvalue weighted by Crippen LogP contribution is -2.31. The van der Waals surface area contributed by atoms with Gasteiger partial charge in [0.1, 0.15) is 6.04 Å². The number of hydrogen-bond donors (Lipinski definition) is 1. The fourth-order valence-electron chi connectivity index (χ4n) is 2.64. The molecule has 0 fully saturated rings. The number of carbonyl (C=O) groups excluding carboxylic acids is 1. The maximum atomic E-state index is 11.9. The molecule has 152 valence electrons. The molecular weight excluding hydrogens is 372 g/mol. The monoisotopic (exact) mass is 396 g/mol. The molecule has 0 aromatic heterocycles. The molecule has 7 nitrogen and oxygen atoms in total. The molecule has 0 aliphatic rings. The summed E-state index contributed by atoms with van der Waals surface area (Å²) in [6, 6.07) is 11.7. The highest BCUT2D eigenvalue weighted by molar-refractivity contribution is 5.84. The first-order valence-corrected chi connectivity index (χ1v) is 9.01. The van der Waals surface area contributed by atoms with Crippen LogP contribution in [0, 0.1) is 11.3 Å². The maximum Gasteiger partial charge on any atom is 0.328 e. The molecule has 2 aromatic rings. The van der Waals surface area contributed by atoms with Crippen molar-refractivity contribution in [1.29, 1.82) is 5.26 Å². The van der Waals surface area contributed by atoms with E-state index >= 15 is 0 Å². The second-order valence-electron chi connectivity index (χ2n) is 6.06. The van der Waals surface area contributed by atoms with Gasteiger partial charge in [-0.15, -0.1) is 0 Å². The normalized spacial score (nSPS) is 11.9. The van der Waals surface area contributed by atoms with Gasteiger partial charge in [0.25, 0.3) is 0 Å². The van der Waals surface area contributed by atoms with Gasteiger partial charge in [0.2, 0.25) is 0 Å². The third-order valence-corrected chi connectivity index (χ3v) is 4.04. The average molecular weight is 396 g/mol. The molecule has 2 aromatic carbocycles. The third kappa shape index (κ3) is 5.27. The fraction of sp³-hybridized carbons (Fsp3) is 0.273. The Balaban J connectivity index is 2.54. The first kappa shape index (κ1) is 21.8. The van der Waals surface area contributed by atoms with Crippen LogP contribution >= 0.6 is 0 Å². The van der Waals surface area contributed by atoms with E-state index in [0.717, 1.165) is 5.56 Å². The third-order valence-electron chi connectivity index (χ3n) is 4.04. The summed E-state index contributed by atoms with van der Waals surface area (Å²) in [4.78, 5) is 11.9. The largest absolute Gasteiger partial charge is 0.493 e. The summed E-state index contributed by atoms with van der Waals surface area (Å²) in [5.74, 6) is 1.16. The number of hydrogen-bond acceptors (Lipinski definition) is 7. The molecule has 2 rings (SSSR count). The number of carbonyl (C=O) groups is 1. The number of esters is 1. The highest BCUT2D eigenvalue weighted by Gasteiger charge is 2.17. The Hall–Kier alpha value is -3.50. The van der Waals surface area contributed by atoms with Crippen molar-refractivity contribution < 1.29 is 23.7 Å². The average Bonchev–Trinajstić information content (AvgIpc) is 2.72. The summed E-state index contributed by atoms with van der Waals surface area (Å²) in [7, 11) is 3.04. The Morgan fingerprint density at radius 3 is 2.10 bits per heavy atom. The van der Waals surface area contributed by atoms with Crippen LogP contribution in [0.1, 0.15) is 25.0 Å². The molecular formula is C22H24N2O5. The van der Waals surface area contributed by atoms with Crippen LogP contribution in [0.25, 0.3) is 5.57 Å². The van der Waals surface area contributed by atoms with Gasteiger partial charge in [0, 0.05) is 6.08 Å². The van der Waals surface area contributed by atoms with Gasteiger partial charge in [-0.2, -0.15) is 5.26 Å². The quantitative estimate of drug-likeness (QED) is 0.415. The van der Waals surface area contributed by atoms with Crippen molar-refractivity contribution in [1.82, 2.24) is 0 Å². The first-order chi connectivity index (χ1) is 13.9. The van der Waals surface area contributed by atoms with E-state index in [2.05, 4.69) is 6.07 Å². The van der Waals surface area contributed by atoms with Crippen LogP contribution in [-0.2, 0) is 4.79 Å². The molecule has 0 aliphatic heterocycles. The van der Waals surface area contributed by atoms with E-state index in [1.54, 1.807) is 37.4 Å². The van der Waals surface area contributed by atoms with Gasteiger partial charge in [0.15, 0.2) is 23.0 Å². The maximum absolute atomic E-state index is 11.9. The van der Waals surface area contributed by atoms with Gasteiger partial charge < -0.3 is 24.7 Å². The number of nitrogens with two attached hydrogens (primary N) is 1. The van der Waals surface area contributed by atoms with E-state index < -0.39 is 12.0 Å². The highest BCUT2D eigenvalue weighted by atomic mass is 16.6. The van der Waals surface area contributed by atoms with E-state index in [9.17, 15) is 10.1 Å². The SMILES string of the molecule is CCOc1cc(C(=CC#N)c2ccc(OC)c(OC(=O)C(C)N)c2)ccc1OC. The van der Waals surface area contributed by atoms with E-state index in [0.29, 0.717) is 35.0 Å². The topological polar surface area (TPSA) is 104 Å². The number of nitrogens with zero attached hydrogens (tertiary/aromatic N) is 1. The number of ether oxygens (including phenoxy) is 4. The summed E-state index contributed by atoms with van der Waals surface area (Å²) >= 11 is 0. The lowest BCUT2D eigenvalue weighted by atomic mass is 9.97. The van der Waals surface area contributed by atoms with Gasteiger partial charge >= 0.3 is 5.97 Å². The summed E-state index contributed by atoms with van der Waals surface area (Å²) < 4.78 is 21.6. The minimum absolute atomic E-state index is 0.217. The van der Waals surface area contributed by atoms with E-state index in [1.165, 1.54) is 20.1 Å². The molecule has 0 aliphatic carbocycles. The van der Waals surface area contributed by atoms with Crippen LogP contribution in [0.2, 0.25) is 0 Å². The standard InChI is InChI=1S/C22H24N2O5/c1-5-28-20-12-15(6-8-18(20)26-3)17(10-11-23)16-7-9-19(27-4)21(13-16)29-22(25)14(2)24/h6-10,12-14H,5,24H2,1-4H3. The summed E-state index contributed by atoms with van der Waals surface area (Å²) in [6.07, 6.45) is 1.41. The molecule has 7 heteroatoms. The molecule has 0 spiro atoms. The smallest absolute Gasteiger partial charge is 0.328 e. The lowest BCUT2D eigenvalue weighted by Gasteiger charge is -2.15. The van der Waals surface area contributed by atoms with Crippen LogP contribution in [0.5, 0.6) is 23.0 Å². The summed E-state index contributed by atoms with van der Waals surface area (Å²) in [5, 5.41) is 9.31. The number of allylic oxidation sites excluding steroid dienone is 1. The molecule has 1 atom stereocenters. The number of methoxy groups -OCH3 is 2. The first-order valence-electron chi connectivity index (χ1n) is 9.01. The number of benzene rings is 2. The van der Waals surface area contributed by atoms with Crippen molar-refractivity contribution in [2.45, 2.75) is 19.9 Å². The molecule has 0 heterocycles. The number of rotatable bonds is 8.